The second-order valence-corrected chi connectivity index (χ2v) is 5.78. The van der Waals surface area contributed by atoms with Crippen molar-refractivity contribution in [3.63, 3.8) is 0 Å². The molecule has 0 radical (unpaired) electrons. The highest BCUT2D eigenvalue weighted by molar-refractivity contribution is 6.03. The van der Waals surface area contributed by atoms with Gasteiger partial charge in [-0.15, -0.1) is 0 Å². The van der Waals surface area contributed by atoms with Crippen LogP contribution in [0.3, 0.4) is 0 Å². The zero-order valence-corrected chi connectivity index (χ0v) is 13.6. The van der Waals surface area contributed by atoms with Crippen molar-refractivity contribution in [2.75, 3.05) is 12.3 Å². The predicted molar refractivity (Wildman–Crippen MR) is 87.6 cm³/mol. The van der Waals surface area contributed by atoms with Crippen LogP contribution >= 0.6 is 0 Å². The van der Waals surface area contributed by atoms with E-state index in [9.17, 15) is 20.0 Å². The molecule has 0 fully saturated rings. The van der Waals surface area contributed by atoms with Gasteiger partial charge in [0.2, 0.25) is 0 Å². The lowest BCUT2D eigenvalue weighted by atomic mass is 9.96. The number of anilines is 1. The van der Waals surface area contributed by atoms with Gasteiger partial charge >= 0.3 is 0 Å². The van der Waals surface area contributed by atoms with Crippen LogP contribution in [0.4, 0.5) is 11.4 Å². The summed E-state index contributed by atoms with van der Waals surface area (Å²) in [6.45, 7) is 4.82. The second kappa shape index (κ2) is 6.32. The zero-order valence-electron chi connectivity index (χ0n) is 13.6. The van der Waals surface area contributed by atoms with Crippen molar-refractivity contribution in [1.82, 2.24) is 5.32 Å². The van der Waals surface area contributed by atoms with Crippen molar-refractivity contribution in [1.29, 1.82) is 0 Å². The number of furan rings is 1. The number of nitrogens with two attached hydrogens (primary N) is 1. The first kappa shape index (κ1) is 17.5. The summed E-state index contributed by atoms with van der Waals surface area (Å²) in [5, 5.41) is 24.1. The SMILES string of the molecule is Cc1cc(C(C)(O)CNC(=O)c2c(N)cccc2[N+](=O)[O-])c(C)o1. The van der Waals surface area contributed by atoms with Crippen molar-refractivity contribution in [2.24, 2.45) is 0 Å². The van der Waals surface area contributed by atoms with Crippen molar-refractivity contribution >= 4 is 17.3 Å². The summed E-state index contributed by atoms with van der Waals surface area (Å²) in [6.07, 6.45) is 0. The summed E-state index contributed by atoms with van der Waals surface area (Å²) < 4.78 is 5.38. The molecule has 0 aliphatic rings. The third kappa shape index (κ3) is 3.38. The summed E-state index contributed by atoms with van der Waals surface area (Å²) in [7, 11) is 0. The Morgan fingerprint density at radius 3 is 2.67 bits per heavy atom. The van der Waals surface area contributed by atoms with Crippen molar-refractivity contribution in [2.45, 2.75) is 26.4 Å². The molecule has 128 valence electrons. The number of nitrogens with zero attached hydrogens (tertiary/aromatic N) is 1. The van der Waals surface area contributed by atoms with E-state index in [4.69, 9.17) is 10.2 Å². The van der Waals surface area contributed by atoms with E-state index in [2.05, 4.69) is 5.32 Å². The van der Waals surface area contributed by atoms with Crippen molar-refractivity contribution in [3.8, 4) is 0 Å². The van der Waals surface area contributed by atoms with Gasteiger partial charge in [0.1, 0.15) is 22.7 Å². The minimum Gasteiger partial charge on any atom is -0.466 e. The van der Waals surface area contributed by atoms with E-state index in [1.54, 1.807) is 19.9 Å². The highest BCUT2D eigenvalue weighted by Crippen LogP contribution is 2.27. The van der Waals surface area contributed by atoms with Crippen LogP contribution in [-0.2, 0) is 5.60 Å². The Bertz CT molecular complexity index is 795. The number of hydrogen-bond donors (Lipinski definition) is 3. The van der Waals surface area contributed by atoms with Gasteiger partial charge in [-0.25, -0.2) is 0 Å². The molecule has 24 heavy (non-hydrogen) atoms. The van der Waals surface area contributed by atoms with Gasteiger partial charge in [-0.3, -0.25) is 14.9 Å². The molecule has 1 amide bonds. The number of benzene rings is 1. The van der Waals surface area contributed by atoms with E-state index in [0.717, 1.165) is 0 Å². The maximum atomic E-state index is 12.3. The number of amides is 1. The fraction of sp³-hybridized carbons (Fsp3) is 0.312. The number of nitro groups is 1. The molecule has 8 heteroatoms. The molecule has 0 bridgehead atoms. The van der Waals surface area contributed by atoms with E-state index in [-0.39, 0.29) is 23.5 Å². The van der Waals surface area contributed by atoms with Gasteiger partial charge in [0, 0.05) is 11.6 Å². The number of carbonyl (C=O) groups excluding carboxylic acids is 1. The molecule has 1 aromatic heterocycles. The Morgan fingerprint density at radius 2 is 2.12 bits per heavy atom. The third-order valence-electron chi connectivity index (χ3n) is 3.71. The van der Waals surface area contributed by atoms with E-state index < -0.39 is 16.4 Å². The molecule has 2 rings (SSSR count). The van der Waals surface area contributed by atoms with Crippen molar-refractivity contribution < 1.29 is 19.2 Å². The van der Waals surface area contributed by atoms with E-state index in [1.165, 1.54) is 25.1 Å². The molecule has 1 aromatic carbocycles. The Labute approximate surface area is 138 Å². The first-order valence-corrected chi connectivity index (χ1v) is 7.24. The molecule has 0 aliphatic carbocycles. The number of rotatable bonds is 5. The minimum absolute atomic E-state index is 0.00308. The molecule has 0 saturated carbocycles. The topological polar surface area (TPSA) is 132 Å². The van der Waals surface area contributed by atoms with Gasteiger partial charge in [0.15, 0.2) is 0 Å². The van der Waals surface area contributed by atoms with E-state index in [1.807, 2.05) is 0 Å². The number of nitrogens with one attached hydrogen (secondary N) is 1. The fourth-order valence-corrected chi connectivity index (χ4v) is 2.56. The van der Waals surface area contributed by atoms with Crippen LogP contribution in [0.5, 0.6) is 0 Å². The highest BCUT2D eigenvalue weighted by Gasteiger charge is 2.30. The average molecular weight is 333 g/mol. The van der Waals surface area contributed by atoms with Gasteiger partial charge in [0.05, 0.1) is 17.2 Å². The number of hydrogen-bond acceptors (Lipinski definition) is 6. The third-order valence-corrected chi connectivity index (χ3v) is 3.71. The van der Waals surface area contributed by atoms with Crippen LogP contribution in [0.25, 0.3) is 0 Å². The number of aliphatic hydroxyl groups is 1. The Kier molecular flexibility index (Phi) is 4.61. The molecule has 0 aliphatic heterocycles. The van der Waals surface area contributed by atoms with Crippen LogP contribution in [-0.4, -0.2) is 22.5 Å². The molecular weight excluding hydrogens is 314 g/mol. The van der Waals surface area contributed by atoms with Crippen LogP contribution < -0.4 is 11.1 Å². The Hall–Kier alpha value is -2.87. The van der Waals surface area contributed by atoms with Gasteiger partial charge in [-0.05, 0) is 32.9 Å². The predicted octanol–water partition coefficient (Wildman–Crippen LogP) is 2.02. The lowest BCUT2D eigenvalue weighted by Gasteiger charge is -2.23. The van der Waals surface area contributed by atoms with E-state index >= 15 is 0 Å². The van der Waals surface area contributed by atoms with Crippen molar-refractivity contribution in [3.05, 3.63) is 57.0 Å². The van der Waals surface area contributed by atoms with E-state index in [0.29, 0.717) is 17.1 Å². The van der Waals surface area contributed by atoms with Crippen LogP contribution in [0, 0.1) is 24.0 Å². The van der Waals surface area contributed by atoms with Gasteiger partial charge in [0.25, 0.3) is 11.6 Å². The molecule has 1 atom stereocenters. The Balaban J connectivity index is 2.22. The quantitative estimate of drug-likeness (QED) is 0.436. The van der Waals surface area contributed by atoms with Gasteiger partial charge in [-0.1, -0.05) is 6.07 Å². The van der Waals surface area contributed by atoms with Crippen LogP contribution in [0.2, 0.25) is 0 Å². The second-order valence-electron chi connectivity index (χ2n) is 5.78. The first-order valence-electron chi connectivity index (χ1n) is 7.24. The first-order chi connectivity index (χ1) is 11.1. The summed E-state index contributed by atoms with van der Waals surface area (Å²) in [5.41, 5.74) is 4.23. The molecule has 1 heterocycles. The molecule has 2 aromatic rings. The summed E-state index contributed by atoms with van der Waals surface area (Å²) in [5.74, 6) is 0.451. The number of carbonyl (C=O) groups is 1. The number of nitro benzene ring substituents is 1. The summed E-state index contributed by atoms with van der Waals surface area (Å²) >= 11 is 0. The molecule has 4 N–H and O–H groups in total. The lowest BCUT2D eigenvalue weighted by molar-refractivity contribution is -0.385. The lowest BCUT2D eigenvalue weighted by Crippen LogP contribution is -2.39. The molecular formula is C16H19N3O5. The fourth-order valence-electron chi connectivity index (χ4n) is 2.56. The monoisotopic (exact) mass is 333 g/mol. The number of nitrogen functional groups attached to an aromatic ring is 1. The molecule has 8 nitrogen and oxygen atoms in total. The van der Waals surface area contributed by atoms with Crippen LogP contribution in [0.15, 0.2) is 28.7 Å². The summed E-state index contributed by atoms with van der Waals surface area (Å²) in [4.78, 5) is 22.7. The largest absolute Gasteiger partial charge is 0.466 e. The van der Waals surface area contributed by atoms with Gasteiger partial charge < -0.3 is 20.6 Å². The van der Waals surface area contributed by atoms with Crippen LogP contribution in [0.1, 0.15) is 34.4 Å². The standard InChI is InChI=1S/C16H19N3O5/c1-9-7-11(10(2)24-9)16(3,21)8-18-15(20)14-12(17)5-4-6-13(14)19(22)23/h4-7,21H,8,17H2,1-3H3,(H,18,20). The molecule has 0 saturated heterocycles. The zero-order chi connectivity index (χ0) is 18.1. The molecule has 1 unspecified atom stereocenters. The Morgan fingerprint density at radius 1 is 1.46 bits per heavy atom. The average Bonchev–Trinajstić information content (AvgIpc) is 2.84. The maximum absolute atomic E-state index is 12.3. The summed E-state index contributed by atoms with van der Waals surface area (Å²) in [6, 6.07) is 5.69. The normalized spacial score (nSPS) is 13.3. The number of aryl methyl sites for hydroxylation is 2. The smallest absolute Gasteiger partial charge is 0.284 e. The highest BCUT2D eigenvalue weighted by atomic mass is 16.6. The minimum atomic E-state index is -1.39. The molecule has 0 spiro atoms. The van der Waals surface area contributed by atoms with Gasteiger partial charge in [-0.2, -0.15) is 0 Å². The maximum Gasteiger partial charge on any atom is 0.284 e.